The summed E-state index contributed by atoms with van der Waals surface area (Å²) >= 11 is 0. The number of amides is 1. The van der Waals surface area contributed by atoms with E-state index < -0.39 is 6.10 Å². The van der Waals surface area contributed by atoms with Crippen molar-refractivity contribution >= 4 is 5.91 Å². The Morgan fingerprint density at radius 2 is 1.90 bits per heavy atom. The van der Waals surface area contributed by atoms with Crippen molar-refractivity contribution in [3.05, 3.63) is 29.8 Å². The van der Waals surface area contributed by atoms with E-state index in [0.717, 1.165) is 17.9 Å². The second-order valence-corrected chi connectivity index (χ2v) is 7.70. The standard InChI is InChI=1S/C23H37NO6/c1-27-12-13-28-14-15-29-18-23(26)24-11-10-22(25)20-8-5-9-21(16-20)30-17-19-6-3-2-4-7-19/h5,8-9,16,19,22,25H,2-4,6-7,10-15,17-18H2,1H3,(H,24,26). The second-order valence-electron chi connectivity index (χ2n) is 7.70. The van der Waals surface area contributed by atoms with Crippen molar-refractivity contribution in [1.82, 2.24) is 5.32 Å². The summed E-state index contributed by atoms with van der Waals surface area (Å²) in [7, 11) is 1.61. The molecule has 1 aromatic rings. The van der Waals surface area contributed by atoms with Gasteiger partial charge in [0.05, 0.1) is 39.1 Å². The van der Waals surface area contributed by atoms with E-state index in [0.29, 0.717) is 45.3 Å². The van der Waals surface area contributed by atoms with Crippen LogP contribution in [-0.2, 0) is 19.0 Å². The lowest BCUT2D eigenvalue weighted by Gasteiger charge is -2.22. The molecule has 0 aliphatic heterocycles. The number of ether oxygens (including phenoxy) is 4. The molecule has 0 saturated heterocycles. The molecule has 0 aromatic heterocycles. The predicted octanol–water partition coefficient (Wildman–Crippen LogP) is 2.87. The summed E-state index contributed by atoms with van der Waals surface area (Å²) in [4.78, 5) is 11.8. The van der Waals surface area contributed by atoms with Gasteiger partial charge in [-0.15, -0.1) is 0 Å². The summed E-state index contributed by atoms with van der Waals surface area (Å²) < 4.78 is 21.3. The van der Waals surface area contributed by atoms with Crippen molar-refractivity contribution in [2.75, 3.05) is 53.3 Å². The van der Waals surface area contributed by atoms with E-state index in [4.69, 9.17) is 18.9 Å². The minimum Gasteiger partial charge on any atom is -0.493 e. The molecule has 1 aromatic carbocycles. The van der Waals surface area contributed by atoms with Crippen LogP contribution >= 0.6 is 0 Å². The first-order valence-electron chi connectivity index (χ1n) is 11.0. The number of carbonyl (C=O) groups is 1. The second kappa shape index (κ2) is 15.2. The highest BCUT2D eigenvalue weighted by atomic mass is 16.5. The maximum atomic E-state index is 11.8. The van der Waals surface area contributed by atoms with Gasteiger partial charge in [-0.25, -0.2) is 0 Å². The maximum absolute atomic E-state index is 11.8. The van der Waals surface area contributed by atoms with Crippen LogP contribution in [0.3, 0.4) is 0 Å². The van der Waals surface area contributed by atoms with E-state index in [9.17, 15) is 9.90 Å². The summed E-state index contributed by atoms with van der Waals surface area (Å²) in [6, 6.07) is 7.60. The van der Waals surface area contributed by atoms with Crippen LogP contribution in [0.2, 0.25) is 0 Å². The molecular formula is C23H37NO6. The first-order valence-corrected chi connectivity index (χ1v) is 11.0. The highest BCUT2D eigenvalue weighted by Crippen LogP contribution is 2.26. The third kappa shape index (κ3) is 10.4. The van der Waals surface area contributed by atoms with E-state index in [1.165, 1.54) is 32.1 Å². The van der Waals surface area contributed by atoms with E-state index >= 15 is 0 Å². The van der Waals surface area contributed by atoms with Crippen molar-refractivity contribution in [2.24, 2.45) is 5.92 Å². The minimum atomic E-state index is -0.654. The van der Waals surface area contributed by atoms with E-state index in [1.54, 1.807) is 7.11 Å². The van der Waals surface area contributed by atoms with Crippen LogP contribution in [0.4, 0.5) is 0 Å². The normalized spacial score (nSPS) is 15.7. The van der Waals surface area contributed by atoms with Crippen LogP contribution in [0.5, 0.6) is 5.75 Å². The molecule has 7 heteroatoms. The zero-order valence-corrected chi connectivity index (χ0v) is 18.1. The summed E-state index contributed by atoms with van der Waals surface area (Å²) in [6.07, 6.45) is 6.19. The molecular weight excluding hydrogens is 386 g/mol. The molecule has 1 saturated carbocycles. The van der Waals surface area contributed by atoms with E-state index in [2.05, 4.69) is 5.32 Å². The molecule has 30 heavy (non-hydrogen) atoms. The van der Waals surface area contributed by atoms with Gasteiger partial charge in [-0.2, -0.15) is 0 Å². The van der Waals surface area contributed by atoms with Gasteiger partial charge >= 0.3 is 0 Å². The molecule has 2 rings (SSSR count). The van der Waals surface area contributed by atoms with Gasteiger partial charge in [0.15, 0.2) is 0 Å². The lowest BCUT2D eigenvalue weighted by molar-refractivity contribution is -0.126. The SMILES string of the molecule is COCCOCCOCC(=O)NCCC(O)c1cccc(OCC2CCCCC2)c1. The van der Waals surface area contributed by atoms with Gasteiger partial charge in [0.1, 0.15) is 12.4 Å². The molecule has 0 spiro atoms. The smallest absolute Gasteiger partial charge is 0.246 e. The largest absolute Gasteiger partial charge is 0.493 e. The van der Waals surface area contributed by atoms with Crippen LogP contribution in [-0.4, -0.2) is 64.3 Å². The van der Waals surface area contributed by atoms with E-state index in [1.807, 2.05) is 24.3 Å². The maximum Gasteiger partial charge on any atom is 0.246 e. The topological polar surface area (TPSA) is 86.3 Å². The summed E-state index contributed by atoms with van der Waals surface area (Å²) in [6.45, 7) is 2.93. The number of benzene rings is 1. The Morgan fingerprint density at radius 1 is 1.13 bits per heavy atom. The van der Waals surface area contributed by atoms with Gasteiger partial charge in [-0.05, 0) is 42.9 Å². The molecule has 1 aliphatic rings. The fourth-order valence-corrected chi connectivity index (χ4v) is 3.47. The Balaban J connectivity index is 1.58. The first-order chi connectivity index (χ1) is 14.7. The van der Waals surface area contributed by atoms with Crippen molar-refractivity contribution in [3.63, 3.8) is 0 Å². The number of aliphatic hydroxyl groups is 1. The van der Waals surface area contributed by atoms with Crippen LogP contribution < -0.4 is 10.1 Å². The predicted molar refractivity (Wildman–Crippen MR) is 115 cm³/mol. The summed E-state index contributed by atoms with van der Waals surface area (Å²) in [5.41, 5.74) is 0.801. The van der Waals surface area contributed by atoms with Crippen LogP contribution in [0.1, 0.15) is 50.2 Å². The Kier molecular flexibility index (Phi) is 12.4. The Morgan fingerprint density at radius 3 is 2.70 bits per heavy atom. The molecule has 0 bridgehead atoms. The molecule has 7 nitrogen and oxygen atoms in total. The number of hydrogen-bond acceptors (Lipinski definition) is 6. The zero-order valence-electron chi connectivity index (χ0n) is 18.1. The van der Waals surface area contributed by atoms with Gasteiger partial charge in [-0.3, -0.25) is 4.79 Å². The molecule has 170 valence electrons. The third-order valence-corrected chi connectivity index (χ3v) is 5.23. The number of carbonyl (C=O) groups excluding carboxylic acids is 1. The number of methoxy groups -OCH3 is 1. The Bertz CT molecular complexity index is 591. The van der Waals surface area contributed by atoms with Gasteiger partial charge in [0, 0.05) is 13.7 Å². The van der Waals surface area contributed by atoms with Gasteiger partial charge in [0.2, 0.25) is 5.91 Å². The lowest BCUT2D eigenvalue weighted by atomic mass is 9.90. The molecule has 2 N–H and O–H groups in total. The van der Waals surface area contributed by atoms with Crippen molar-refractivity contribution in [3.8, 4) is 5.75 Å². The molecule has 0 radical (unpaired) electrons. The molecule has 1 atom stereocenters. The fraction of sp³-hybridized carbons (Fsp3) is 0.696. The highest BCUT2D eigenvalue weighted by Gasteiger charge is 2.15. The average Bonchev–Trinajstić information content (AvgIpc) is 2.78. The van der Waals surface area contributed by atoms with Gasteiger partial charge in [0.25, 0.3) is 0 Å². The number of rotatable bonds is 15. The zero-order chi connectivity index (χ0) is 21.4. The third-order valence-electron chi connectivity index (χ3n) is 5.23. The van der Waals surface area contributed by atoms with Crippen molar-refractivity contribution < 1.29 is 28.8 Å². The number of aliphatic hydroxyl groups excluding tert-OH is 1. The first kappa shape index (κ1) is 24.6. The van der Waals surface area contributed by atoms with Gasteiger partial charge in [-0.1, -0.05) is 31.4 Å². The van der Waals surface area contributed by atoms with Crippen molar-refractivity contribution in [1.29, 1.82) is 0 Å². The molecule has 0 heterocycles. The van der Waals surface area contributed by atoms with Crippen LogP contribution in [0.15, 0.2) is 24.3 Å². The highest BCUT2D eigenvalue weighted by molar-refractivity contribution is 5.77. The Labute approximate surface area is 180 Å². The average molecular weight is 424 g/mol. The summed E-state index contributed by atoms with van der Waals surface area (Å²) in [5.74, 6) is 1.23. The number of nitrogens with one attached hydrogen (secondary N) is 1. The minimum absolute atomic E-state index is 0.0196. The monoisotopic (exact) mass is 423 g/mol. The molecule has 1 aliphatic carbocycles. The summed E-state index contributed by atoms with van der Waals surface area (Å²) in [5, 5.41) is 13.2. The van der Waals surface area contributed by atoms with E-state index in [-0.39, 0.29) is 12.5 Å². The lowest BCUT2D eigenvalue weighted by Crippen LogP contribution is -2.29. The molecule has 1 fully saturated rings. The Hall–Kier alpha value is -1.67. The number of hydrogen-bond donors (Lipinski definition) is 2. The fourth-order valence-electron chi connectivity index (χ4n) is 3.47. The van der Waals surface area contributed by atoms with Crippen LogP contribution in [0.25, 0.3) is 0 Å². The molecule has 1 amide bonds. The van der Waals surface area contributed by atoms with Gasteiger partial charge < -0.3 is 29.4 Å². The molecule has 1 unspecified atom stereocenters. The quantitative estimate of drug-likeness (QED) is 0.422. The van der Waals surface area contributed by atoms with Crippen LogP contribution in [0, 0.1) is 5.92 Å². The van der Waals surface area contributed by atoms with Crippen molar-refractivity contribution in [2.45, 2.75) is 44.6 Å².